The molecule has 26 heavy (non-hydrogen) atoms. The fourth-order valence-electron chi connectivity index (χ4n) is 2.21. The molecule has 0 aliphatic rings. The number of nitrogens with zero attached hydrogens (tertiary/aromatic N) is 1. The minimum absolute atomic E-state index is 0.178. The van der Waals surface area contributed by atoms with Crippen LogP contribution in [0.15, 0.2) is 47.6 Å². The lowest BCUT2D eigenvalue weighted by molar-refractivity contribution is -0.131. The van der Waals surface area contributed by atoms with Gasteiger partial charge in [0.15, 0.2) is 0 Å². The van der Waals surface area contributed by atoms with E-state index < -0.39 is 5.97 Å². The highest BCUT2D eigenvalue weighted by Gasteiger charge is 2.06. The Hall–Kier alpha value is -3.35. The molecule has 7 heteroatoms. The molecule has 0 aliphatic carbocycles. The van der Waals surface area contributed by atoms with Crippen molar-refractivity contribution < 1.29 is 23.8 Å². The van der Waals surface area contributed by atoms with Gasteiger partial charge < -0.3 is 14.2 Å². The molecule has 0 spiro atoms. The van der Waals surface area contributed by atoms with Crippen molar-refractivity contribution in [3.63, 3.8) is 0 Å². The van der Waals surface area contributed by atoms with E-state index in [4.69, 9.17) is 14.2 Å². The van der Waals surface area contributed by atoms with Crippen molar-refractivity contribution in [2.75, 3.05) is 14.2 Å². The Labute approximate surface area is 151 Å². The van der Waals surface area contributed by atoms with Crippen molar-refractivity contribution in [1.29, 1.82) is 0 Å². The summed E-state index contributed by atoms with van der Waals surface area (Å²) in [6, 6.07) is 12.1. The molecule has 0 fully saturated rings. The maximum atomic E-state index is 12.0. The molecule has 0 atom stereocenters. The van der Waals surface area contributed by atoms with Gasteiger partial charge in [0.25, 0.3) is 0 Å². The summed E-state index contributed by atoms with van der Waals surface area (Å²) >= 11 is 0. The van der Waals surface area contributed by atoms with Gasteiger partial charge in [-0.15, -0.1) is 0 Å². The zero-order chi connectivity index (χ0) is 18.9. The first-order chi connectivity index (χ1) is 12.5. The van der Waals surface area contributed by atoms with Gasteiger partial charge in [-0.3, -0.25) is 9.59 Å². The summed E-state index contributed by atoms with van der Waals surface area (Å²) in [5.41, 5.74) is 3.91. The van der Waals surface area contributed by atoms with Crippen LogP contribution >= 0.6 is 0 Å². The molecule has 0 aromatic heterocycles. The third-order valence-electron chi connectivity index (χ3n) is 3.36. The highest BCUT2D eigenvalue weighted by Crippen LogP contribution is 2.23. The Balaban J connectivity index is 1.98. The Morgan fingerprint density at radius 3 is 2.58 bits per heavy atom. The van der Waals surface area contributed by atoms with Gasteiger partial charge in [-0.05, 0) is 29.8 Å². The molecular formula is C19H20N2O5. The van der Waals surface area contributed by atoms with Crippen molar-refractivity contribution in [2.24, 2.45) is 5.10 Å². The molecule has 1 N–H and O–H groups in total. The molecule has 0 saturated carbocycles. The van der Waals surface area contributed by atoms with E-state index in [1.807, 2.05) is 18.2 Å². The van der Waals surface area contributed by atoms with Crippen molar-refractivity contribution in [3.8, 4) is 17.2 Å². The van der Waals surface area contributed by atoms with Crippen LogP contribution in [0.25, 0.3) is 0 Å². The van der Waals surface area contributed by atoms with Crippen molar-refractivity contribution >= 4 is 18.1 Å². The quantitative estimate of drug-likeness (QED) is 0.356. The molecule has 0 aliphatic heterocycles. The summed E-state index contributed by atoms with van der Waals surface area (Å²) in [7, 11) is 3.06. The van der Waals surface area contributed by atoms with Crippen LogP contribution in [0.1, 0.15) is 18.1 Å². The normalized spacial score (nSPS) is 10.4. The highest BCUT2D eigenvalue weighted by atomic mass is 16.5. The molecule has 2 aromatic carbocycles. The number of methoxy groups -OCH3 is 2. The molecule has 0 saturated heterocycles. The smallest absolute Gasteiger partial charge is 0.308 e. The molecule has 0 heterocycles. The topological polar surface area (TPSA) is 86.2 Å². The van der Waals surface area contributed by atoms with Crippen molar-refractivity contribution in [2.45, 2.75) is 13.3 Å². The second-order valence-corrected chi connectivity index (χ2v) is 5.32. The molecule has 136 valence electrons. The summed E-state index contributed by atoms with van der Waals surface area (Å²) in [6.07, 6.45) is 1.64. The van der Waals surface area contributed by atoms with E-state index in [0.717, 1.165) is 5.56 Å². The zero-order valence-corrected chi connectivity index (χ0v) is 14.8. The van der Waals surface area contributed by atoms with Gasteiger partial charge in [0, 0.05) is 18.6 Å². The zero-order valence-electron chi connectivity index (χ0n) is 14.8. The standard InChI is InChI=1S/C19H20N2O5/c1-13(22)26-17-8-7-15(18(11-17)25-3)12-20-21-19(23)10-14-5-4-6-16(9-14)24-2/h4-9,11-12H,10H2,1-3H3,(H,21,23)/b20-12+. The van der Waals surface area contributed by atoms with Gasteiger partial charge in [-0.2, -0.15) is 5.10 Å². The minimum atomic E-state index is -0.418. The van der Waals surface area contributed by atoms with Gasteiger partial charge in [-0.25, -0.2) is 5.43 Å². The Bertz CT molecular complexity index is 817. The first-order valence-electron chi connectivity index (χ1n) is 7.83. The Morgan fingerprint density at radius 2 is 1.88 bits per heavy atom. The fourth-order valence-corrected chi connectivity index (χ4v) is 2.21. The Morgan fingerprint density at radius 1 is 1.08 bits per heavy atom. The lowest BCUT2D eigenvalue weighted by Crippen LogP contribution is -2.19. The van der Waals surface area contributed by atoms with Crippen LogP contribution in [-0.2, 0) is 16.0 Å². The molecular weight excluding hydrogens is 336 g/mol. The van der Waals surface area contributed by atoms with Crippen LogP contribution in [0.2, 0.25) is 0 Å². The number of rotatable bonds is 7. The monoisotopic (exact) mass is 356 g/mol. The van der Waals surface area contributed by atoms with Gasteiger partial charge >= 0.3 is 5.97 Å². The molecule has 7 nitrogen and oxygen atoms in total. The number of carbonyl (C=O) groups excluding carboxylic acids is 2. The van der Waals surface area contributed by atoms with Crippen molar-refractivity contribution in [3.05, 3.63) is 53.6 Å². The molecule has 0 radical (unpaired) electrons. The Kier molecular flexibility index (Phi) is 6.73. The van der Waals surface area contributed by atoms with E-state index in [1.54, 1.807) is 31.4 Å². The lowest BCUT2D eigenvalue weighted by Gasteiger charge is -2.07. The summed E-state index contributed by atoms with van der Waals surface area (Å²) in [5, 5.41) is 3.94. The first kappa shape index (κ1) is 19.0. The number of hydrazone groups is 1. The van der Waals surface area contributed by atoms with Crippen molar-refractivity contribution in [1.82, 2.24) is 5.43 Å². The van der Waals surface area contributed by atoms with Crippen LogP contribution in [0.5, 0.6) is 17.2 Å². The average Bonchev–Trinajstić information content (AvgIpc) is 2.62. The highest BCUT2D eigenvalue weighted by molar-refractivity contribution is 5.86. The summed E-state index contributed by atoms with van der Waals surface area (Å²) in [4.78, 5) is 23.0. The largest absolute Gasteiger partial charge is 0.497 e. The lowest BCUT2D eigenvalue weighted by atomic mass is 10.1. The van der Waals surface area contributed by atoms with Crippen LogP contribution in [0.3, 0.4) is 0 Å². The van der Waals surface area contributed by atoms with Crippen LogP contribution in [0.4, 0.5) is 0 Å². The maximum absolute atomic E-state index is 12.0. The number of benzene rings is 2. The van der Waals surface area contributed by atoms with E-state index in [9.17, 15) is 9.59 Å². The average molecular weight is 356 g/mol. The third-order valence-corrected chi connectivity index (χ3v) is 3.36. The number of nitrogens with one attached hydrogen (secondary N) is 1. The SMILES string of the molecule is COc1cccc(CC(=O)N/N=C/c2ccc(OC(C)=O)cc2OC)c1. The van der Waals surface area contributed by atoms with Gasteiger partial charge in [-0.1, -0.05) is 12.1 Å². The number of amides is 1. The van der Waals surface area contributed by atoms with Gasteiger partial charge in [0.1, 0.15) is 17.2 Å². The molecule has 2 aromatic rings. The number of esters is 1. The predicted molar refractivity (Wildman–Crippen MR) is 96.7 cm³/mol. The van der Waals surface area contributed by atoms with Crippen LogP contribution in [0, 0.1) is 0 Å². The first-order valence-corrected chi connectivity index (χ1v) is 7.83. The number of ether oxygens (including phenoxy) is 3. The van der Waals surface area contributed by atoms with E-state index in [0.29, 0.717) is 22.8 Å². The summed E-state index contributed by atoms with van der Waals surface area (Å²) < 4.78 is 15.4. The van der Waals surface area contributed by atoms with E-state index in [-0.39, 0.29) is 12.3 Å². The minimum Gasteiger partial charge on any atom is -0.497 e. The van der Waals surface area contributed by atoms with E-state index in [2.05, 4.69) is 10.5 Å². The molecule has 2 rings (SSSR count). The second-order valence-electron chi connectivity index (χ2n) is 5.32. The maximum Gasteiger partial charge on any atom is 0.308 e. The molecule has 0 bridgehead atoms. The summed E-state index contributed by atoms with van der Waals surface area (Å²) in [5.74, 6) is 0.850. The third kappa shape index (κ3) is 5.62. The number of hydrogen-bond donors (Lipinski definition) is 1. The van der Waals surface area contributed by atoms with E-state index >= 15 is 0 Å². The number of carbonyl (C=O) groups is 2. The number of hydrogen-bond acceptors (Lipinski definition) is 6. The molecule has 1 amide bonds. The molecule has 0 unspecified atom stereocenters. The predicted octanol–water partition coefficient (Wildman–Crippen LogP) is 2.32. The van der Waals surface area contributed by atoms with E-state index in [1.165, 1.54) is 20.2 Å². The van der Waals surface area contributed by atoms with Crippen LogP contribution in [-0.4, -0.2) is 32.3 Å². The second kappa shape index (κ2) is 9.22. The fraction of sp³-hybridized carbons (Fsp3) is 0.211. The summed E-state index contributed by atoms with van der Waals surface area (Å²) in [6.45, 7) is 1.32. The van der Waals surface area contributed by atoms with Gasteiger partial charge in [0.2, 0.25) is 5.91 Å². The van der Waals surface area contributed by atoms with Gasteiger partial charge in [0.05, 0.1) is 26.9 Å². The van der Waals surface area contributed by atoms with Crippen LogP contribution < -0.4 is 19.6 Å².